The number of ether oxygens (including phenoxy) is 1. The summed E-state index contributed by atoms with van der Waals surface area (Å²) in [6.45, 7) is 0.545. The summed E-state index contributed by atoms with van der Waals surface area (Å²) in [6.07, 6.45) is -0.773. The molecule has 0 aliphatic heterocycles. The van der Waals surface area contributed by atoms with Crippen LogP contribution in [0.15, 0.2) is 0 Å². The molecule has 1 aliphatic rings. The van der Waals surface area contributed by atoms with Gasteiger partial charge in [-0.2, -0.15) is 13.2 Å². The predicted octanol–water partition coefficient (Wildman–Crippen LogP) is 2.62. The summed E-state index contributed by atoms with van der Waals surface area (Å²) in [6, 6.07) is 0. The van der Waals surface area contributed by atoms with Gasteiger partial charge in [0.2, 0.25) is 0 Å². The third-order valence-corrected chi connectivity index (χ3v) is 2.74. The molecule has 1 saturated carbocycles. The molecule has 2 nitrogen and oxygen atoms in total. The van der Waals surface area contributed by atoms with E-state index in [-0.39, 0.29) is 18.6 Å². The van der Waals surface area contributed by atoms with Crippen LogP contribution in [0.5, 0.6) is 0 Å². The van der Waals surface area contributed by atoms with Gasteiger partial charge in [0.25, 0.3) is 0 Å². The van der Waals surface area contributed by atoms with Crippen LogP contribution in [0.4, 0.5) is 13.2 Å². The van der Waals surface area contributed by atoms with Crippen molar-refractivity contribution in [1.82, 2.24) is 0 Å². The fraction of sp³-hybridized carbons (Fsp3) is 1.00. The monoisotopic (exact) mass is 225 g/mol. The van der Waals surface area contributed by atoms with Gasteiger partial charge in [0.05, 0.1) is 6.61 Å². The van der Waals surface area contributed by atoms with Gasteiger partial charge < -0.3 is 10.5 Å². The molecule has 0 aromatic heterocycles. The van der Waals surface area contributed by atoms with Crippen molar-refractivity contribution in [2.45, 2.75) is 50.2 Å². The van der Waals surface area contributed by atoms with Gasteiger partial charge in [-0.25, -0.2) is 0 Å². The quantitative estimate of drug-likeness (QED) is 0.730. The average molecular weight is 225 g/mol. The van der Waals surface area contributed by atoms with Crippen molar-refractivity contribution >= 4 is 0 Å². The van der Waals surface area contributed by atoms with Crippen molar-refractivity contribution in [3.63, 3.8) is 0 Å². The van der Waals surface area contributed by atoms with Gasteiger partial charge in [0.15, 0.2) is 0 Å². The zero-order chi connectivity index (χ0) is 11.4. The Bertz CT molecular complexity index is 188. The lowest BCUT2D eigenvalue weighted by molar-refractivity contribution is -0.138. The molecule has 0 aromatic rings. The van der Waals surface area contributed by atoms with Crippen LogP contribution in [0.25, 0.3) is 0 Å². The smallest absolute Gasteiger partial charge is 0.380 e. The largest absolute Gasteiger partial charge is 0.389 e. The minimum Gasteiger partial charge on any atom is -0.380 e. The summed E-state index contributed by atoms with van der Waals surface area (Å²) in [5.74, 6) is 0. The average Bonchev–Trinajstić information content (AvgIpc) is 2.50. The Morgan fingerprint density at radius 3 is 2.33 bits per heavy atom. The van der Waals surface area contributed by atoms with Gasteiger partial charge in [-0.3, -0.25) is 0 Å². The van der Waals surface area contributed by atoms with E-state index in [0.717, 1.165) is 25.7 Å². The topological polar surface area (TPSA) is 35.2 Å². The Balaban J connectivity index is 2.02. The van der Waals surface area contributed by atoms with Crippen molar-refractivity contribution < 1.29 is 17.9 Å². The van der Waals surface area contributed by atoms with Crippen molar-refractivity contribution in [1.29, 1.82) is 0 Å². The normalized spacial score (nSPS) is 20.8. The zero-order valence-electron chi connectivity index (χ0n) is 8.78. The molecule has 1 aliphatic carbocycles. The molecule has 1 rings (SSSR count). The molecule has 0 amide bonds. The molecule has 2 N–H and O–H groups in total. The molecule has 0 atom stereocenters. The van der Waals surface area contributed by atoms with Crippen LogP contribution >= 0.6 is 0 Å². The van der Waals surface area contributed by atoms with Gasteiger partial charge >= 0.3 is 6.18 Å². The van der Waals surface area contributed by atoms with Crippen molar-refractivity contribution in [2.75, 3.05) is 13.2 Å². The molecule has 0 saturated heterocycles. The fourth-order valence-electron chi connectivity index (χ4n) is 1.87. The van der Waals surface area contributed by atoms with E-state index < -0.39 is 12.6 Å². The number of halogens is 3. The molecular formula is C10H18F3NO. The summed E-state index contributed by atoms with van der Waals surface area (Å²) in [5, 5.41) is 0. The lowest BCUT2D eigenvalue weighted by Gasteiger charge is -2.23. The molecule has 15 heavy (non-hydrogen) atoms. The molecule has 0 aromatic carbocycles. The Kier molecular flexibility index (Phi) is 4.40. The molecule has 0 radical (unpaired) electrons. The van der Waals surface area contributed by atoms with Crippen molar-refractivity contribution in [3.8, 4) is 0 Å². The summed E-state index contributed by atoms with van der Waals surface area (Å²) in [7, 11) is 0. The Labute approximate surface area is 88.0 Å². The van der Waals surface area contributed by atoms with E-state index in [4.69, 9.17) is 10.5 Å². The van der Waals surface area contributed by atoms with Crippen LogP contribution in [0.2, 0.25) is 0 Å². The molecule has 0 heterocycles. The Hall–Kier alpha value is -0.290. The van der Waals surface area contributed by atoms with E-state index in [0.29, 0.717) is 6.61 Å². The number of nitrogens with two attached hydrogens (primary N) is 1. The first kappa shape index (κ1) is 12.8. The number of hydrogen-bond donors (Lipinski definition) is 1. The van der Waals surface area contributed by atoms with E-state index in [2.05, 4.69) is 0 Å². The highest BCUT2D eigenvalue weighted by atomic mass is 19.4. The fourth-order valence-corrected chi connectivity index (χ4v) is 1.87. The first-order valence-electron chi connectivity index (χ1n) is 5.35. The lowest BCUT2D eigenvalue weighted by Crippen LogP contribution is -2.41. The minimum atomic E-state index is -4.07. The van der Waals surface area contributed by atoms with E-state index >= 15 is 0 Å². The van der Waals surface area contributed by atoms with E-state index in [1.165, 1.54) is 0 Å². The second kappa shape index (κ2) is 5.16. The summed E-state index contributed by atoms with van der Waals surface area (Å²) in [5.41, 5.74) is 5.70. The van der Waals surface area contributed by atoms with Gasteiger partial charge in [-0.1, -0.05) is 12.8 Å². The second-order valence-electron chi connectivity index (χ2n) is 4.34. The first-order valence-corrected chi connectivity index (χ1v) is 5.35. The van der Waals surface area contributed by atoms with Crippen LogP contribution < -0.4 is 5.73 Å². The first-order chi connectivity index (χ1) is 6.91. The lowest BCUT2D eigenvalue weighted by atomic mass is 10.0. The standard InChI is InChI=1S/C10H18F3NO/c11-10(12,13)6-3-7-15-8-9(14)4-1-2-5-9/h1-8,14H2. The predicted molar refractivity (Wildman–Crippen MR) is 51.5 cm³/mol. The third-order valence-electron chi connectivity index (χ3n) is 2.74. The SMILES string of the molecule is NC1(COCCCC(F)(F)F)CCCC1. The molecule has 0 unspecified atom stereocenters. The molecule has 5 heteroatoms. The van der Waals surface area contributed by atoms with Crippen LogP contribution in [-0.4, -0.2) is 24.9 Å². The van der Waals surface area contributed by atoms with Crippen LogP contribution in [0.3, 0.4) is 0 Å². The second-order valence-corrected chi connectivity index (χ2v) is 4.34. The molecule has 1 fully saturated rings. The third kappa shape index (κ3) is 5.37. The Morgan fingerprint density at radius 2 is 1.80 bits per heavy atom. The highest BCUT2D eigenvalue weighted by Crippen LogP contribution is 2.27. The van der Waals surface area contributed by atoms with Gasteiger partial charge in [0.1, 0.15) is 0 Å². The molecule has 90 valence electrons. The highest BCUT2D eigenvalue weighted by Gasteiger charge is 2.30. The summed E-state index contributed by atoms with van der Waals surface area (Å²) >= 11 is 0. The van der Waals surface area contributed by atoms with Gasteiger partial charge in [-0.15, -0.1) is 0 Å². The maximum Gasteiger partial charge on any atom is 0.389 e. The number of hydrogen-bond acceptors (Lipinski definition) is 2. The maximum absolute atomic E-state index is 11.8. The highest BCUT2D eigenvalue weighted by molar-refractivity contribution is 4.88. The van der Waals surface area contributed by atoms with Crippen molar-refractivity contribution in [3.05, 3.63) is 0 Å². The Morgan fingerprint density at radius 1 is 1.20 bits per heavy atom. The van der Waals surface area contributed by atoms with Gasteiger partial charge in [-0.05, 0) is 19.3 Å². The van der Waals surface area contributed by atoms with E-state index in [1.807, 2.05) is 0 Å². The molecule has 0 spiro atoms. The summed E-state index contributed by atoms with van der Waals surface area (Å²) in [4.78, 5) is 0. The number of rotatable bonds is 5. The van der Waals surface area contributed by atoms with Crippen LogP contribution in [0.1, 0.15) is 38.5 Å². The van der Waals surface area contributed by atoms with Crippen LogP contribution in [-0.2, 0) is 4.74 Å². The van der Waals surface area contributed by atoms with E-state index in [1.54, 1.807) is 0 Å². The van der Waals surface area contributed by atoms with Gasteiger partial charge in [0, 0.05) is 18.6 Å². The van der Waals surface area contributed by atoms with Crippen molar-refractivity contribution in [2.24, 2.45) is 5.73 Å². The zero-order valence-corrected chi connectivity index (χ0v) is 8.78. The maximum atomic E-state index is 11.8. The van der Waals surface area contributed by atoms with Crippen LogP contribution in [0, 0.1) is 0 Å². The molecular weight excluding hydrogens is 207 g/mol. The number of alkyl halides is 3. The van der Waals surface area contributed by atoms with E-state index in [9.17, 15) is 13.2 Å². The molecule has 0 bridgehead atoms. The minimum absolute atomic E-state index is 0.0274. The summed E-state index contributed by atoms with van der Waals surface area (Å²) < 4.78 is 40.5.